The molecular weight excluding hydrogens is 477 g/mol. The van der Waals surface area contributed by atoms with Crippen LogP contribution in [0.25, 0.3) is 10.6 Å². The van der Waals surface area contributed by atoms with Gasteiger partial charge in [-0.1, -0.05) is 0 Å². The smallest absolute Gasteiger partial charge is 0.261 e. The predicted molar refractivity (Wildman–Crippen MR) is 130 cm³/mol. The highest BCUT2D eigenvalue weighted by Gasteiger charge is 2.14. The number of sulfonamides is 1. The first kappa shape index (κ1) is 23.4. The summed E-state index contributed by atoms with van der Waals surface area (Å²) >= 11 is 1.45. The number of hydrogen-bond acceptors (Lipinski definition) is 6. The van der Waals surface area contributed by atoms with Crippen LogP contribution in [-0.2, 0) is 21.2 Å². The largest absolute Gasteiger partial charge is 0.497 e. The van der Waals surface area contributed by atoms with Crippen LogP contribution < -0.4 is 14.8 Å². The molecule has 4 rings (SSSR count). The Kier molecular flexibility index (Phi) is 6.90. The number of carbonyl (C=O) groups excluding carboxylic acids is 1. The van der Waals surface area contributed by atoms with Gasteiger partial charge >= 0.3 is 0 Å². The van der Waals surface area contributed by atoms with Gasteiger partial charge < -0.3 is 10.1 Å². The average Bonchev–Trinajstić information content (AvgIpc) is 3.29. The fraction of sp³-hybridized carbons (Fsp3) is 0.0833. The van der Waals surface area contributed by atoms with Gasteiger partial charge in [-0.15, -0.1) is 11.3 Å². The lowest BCUT2D eigenvalue weighted by atomic mass is 10.2. The molecule has 0 bridgehead atoms. The van der Waals surface area contributed by atoms with Gasteiger partial charge in [0.15, 0.2) is 0 Å². The Morgan fingerprint density at radius 3 is 2.26 bits per heavy atom. The fourth-order valence-electron chi connectivity index (χ4n) is 3.07. The molecule has 0 radical (unpaired) electrons. The van der Waals surface area contributed by atoms with Crippen LogP contribution in [0.5, 0.6) is 5.75 Å². The van der Waals surface area contributed by atoms with Crippen LogP contribution in [0, 0.1) is 5.82 Å². The number of nitrogens with zero attached hydrogens (tertiary/aromatic N) is 1. The quantitative estimate of drug-likeness (QED) is 0.359. The molecule has 0 spiro atoms. The Bertz CT molecular complexity index is 1390. The van der Waals surface area contributed by atoms with E-state index in [1.807, 2.05) is 29.6 Å². The van der Waals surface area contributed by atoms with Crippen LogP contribution in [0.1, 0.15) is 5.69 Å². The van der Waals surface area contributed by atoms with Crippen LogP contribution in [0.2, 0.25) is 0 Å². The molecule has 0 aliphatic rings. The maximum Gasteiger partial charge on any atom is 0.261 e. The second kappa shape index (κ2) is 10.0. The van der Waals surface area contributed by atoms with Crippen molar-refractivity contribution in [3.05, 3.63) is 89.7 Å². The lowest BCUT2D eigenvalue weighted by Crippen LogP contribution is -2.15. The van der Waals surface area contributed by atoms with E-state index in [1.165, 1.54) is 35.6 Å². The average molecular weight is 498 g/mol. The fourth-order valence-corrected chi connectivity index (χ4v) is 4.96. The summed E-state index contributed by atoms with van der Waals surface area (Å²) in [4.78, 5) is 16.9. The van der Waals surface area contributed by atoms with Crippen molar-refractivity contribution in [1.82, 2.24) is 4.98 Å². The lowest BCUT2D eigenvalue weighted by molar-refractivity contribution is -0.115. The molecule has 7 nitrogen and oxygen atoms in total. The first-order valence-electron chi connectivity index (χ1n) is 10.1. The number of nitrogens with one attached hydrogen (secondary N) is 2. The summed E-state index contributed by atoms with van der Waals surface area (Å²) in [5.74, 6) is -0.00550. The van der Waals surface area contributed by atoms with E-state index in [0.29, 0.717) is 17.1 Å². The Labute approximate surface area is 200 Å². The van der Waals surface area contributed by atoms with Crippen molar-refractivity contribution in [3.63, 3.8) is 0 Å². The molecule has 1 aromatic heterocycles. The second-order valence-corrected chi connectivity index (χ2v) is 9.77. The third-order valence-electron chi connectivity index (χ3n) is 4.78. The summed E-state index contributed by atoms with van der Waals surface area (Å²) in [5.41, 5.74) is 2.42. The zero-order valence-corrected chi connectivity index (χ0v) is 19.6. The van der Waals surface area contributed by atoms with E-state index < -0.39 is 15.8 Å². The van der Waals surface area contributed by atoms with Crippen LogP contribution in [0.4, 0.5) is 15.8 Å². The van der Waals surface area contributed by atoms with Crippen molar-refractivity contribution < 1.29 is 22.3 Å². The van der Waals surface area contributed by atoms with E-state index in [0.717, 1.165) is 28.5 Å². The topological polar surface area (TPSA) is 97.4 Å². The molecule has 0 aliphatic heterocycles. The molecule has 0 fully saturated rings. The number of aromatic nitrogens is 1. The number of hydrogen-bond donors (Lipinski definition) is 2. The monoisotopic (exact) mass is 497 g/mol. The lowest BCUT2D eigenvalue weighted by Gasteiger charge is -2.09. The number of benzene rings is 3. The minimum Gasteiger partial charge on any atom is -0.497 e. The van der Waals surface area contributed by atoms with Gasteiger partial charge in [0.2, 0.25) is 5.91 Å². The SMILES string of the molecule is COc1ccc(-c2nc(CC(=O)Nc3ccc(NS(=O)(=O)c4ccc(F)cc4)cc3)cs2)cc1. The van der Waals surface area contributed by atoms with Crippen molar-refractivity contribution in [3.8, 4) is 16.3 Å². The number of carbonyl (C=O) groups is 1. The van der Waals surface area contributed by atoms with E-state index in [-0.39, 0.29) is 17.2 Å². The number of halogens is 1. The van der Waals surface area contributed by atoms with E-state index in [1.54, 1.807) is 19.2 Å². The van der Waals surface area contributed by atoms with Gasteiger partial charge in [0.1, 0.15) is 16.6 Å². The molecule has 0 saturated heterocycles. The molecule has 174 valence electrons. The minimum atomic E-state index is -3.85. The summed E-state index contributed by atoms with van der Waals surface area (Å²) in [7, 11) is -2.24. The van der Waals surface area contributed by atoms with Crippen LogP contribution in [-0.4, -0.2) is 26.4 Å². The summed E-state index contributed by atoms with van der Waals surface area (Å²) in [5, 5.41) is 5.42. The molecule has 4 aromatic rings. The first-order chi connectivity index (χ1) is 16.3. The molecule has 0 atom stereocenters. The molecule has 3 aromatic carbocycles. The maximum absolute atomic E-state index is 13.0. The number of ether oxygens (including phenoxy) is 1. The van der Waals surface area contributed by atoms with Crippen molar-refractivity contribution in [2.45, 2.75) is 11.3 Å². The molecule has 10 heteroatoms. The highest BCUT2D eigenvalue weighted by Crippen LogP contribution is 2.26. The third-order valence-corrected chi connectivity index (χ3v) is 7.11. The molecular formula is C24H20FN3O4S2. The van der Waals surface area contributed by atoms with E-state index >= 15 is 0 Å². The van der Waals surface area contributed by atoms with Crippen molar-refractivity contribution in [2.24, 2.45) is 0 Å². The number of amides is 1. The van der Waals surface area contributed by atoms with Crippen LogP contribution in [0.15, 0.2) is 83.1 Å². The van der Waals surface area contributed by atoms with E-state index in [2.05, 4.69) is 15.0 Å². The Hall–Kier alpha value is -3.76. The number of thiazole rings is 1. The van der Waals surface area contributed by atoms with Gasteiger partial charge in [0.25, 0.3) is 10.0 Å². The Balaban J connectivity index is 1.35. The predicted octanol–water partition coefficient (Wildman–Crippen LogP) is 4.94. The maximum atomic E-state index is 13.0. The summed E-state index contributed by atoms with van der Waals surface area (Å²) in [6, 6.07) is 18.3. The second-order valence-electron chi connectivity index (χ2n) is 7.23. The molecule has 34 heavy (non-hydrogen) atoms. The van der Waals surface area contributed by atoms with Crippen molar-refractivity contribution in [1.29, 1.82) is 0 Å². The van der Waals surface area contributed by atoms with Gasteiger partial charge in [-0.3, -0.25) is 9.52 Å². The molecule has 0 aliphatic carbocycles. The first-order valence-corrected chi connectivity index (χ1v) is 12.5. The van der Waals surface area contributed by atoms with Gasteiger partial charge in [0.05, 0.1) is 24.1 Å². The number of anilines is 2. The highest BCUT2D eigenvalue weighted by atomic mass is 32.2. The standard InChI is InChI=1S/C24H20FN3O4S2/c1-32-21-10-2-16(3-11-21)24-27-20(15-33-24)14-23(29)26-18-6-8-19(9-7-18)28-34(30,31)22-12-4-17(25)5-13-22/h2-13,15,28H,14H2,1H3,(H,26,29). The zero-order valence-electron chi connectivity index (χ0n) is 18.0. The van der Waals surface area contributed by atoms with Crippen LogP contribution >= 0.6 is 11.3 Å². The summed E-state index contributed by atoms with van der Waals surface area (Å²) < 4.78 is 45.4. The van der Waals surface area contributed by atoms with Crippen molar-refractivity contribution in [2.75, 3.05) is 17.1 Å². The van der Waals surface area contributed by atoms with Gasteiger partial charge in [-0.25, -0.2) is 17.8 Å². The molecule has 0 unspecified atom stereocenters. The van der Waals surface area contributed by atoms with Gasteiger partial charge in [-0.2, -0.15) is 0 Å². The van der Waals surface area contributed by atoms with Gasteiger partial charge in [0, 0.05) is 22.3 Å². The Morgan fingerprint density at radius 2 is 1.62 bits per heavy atom. The third kappa shape index (κ3) is 5.77. The van der Waals surface area contributed by atoms with Crippen LogP contribution in [0.3, 0.4) is 0 Å². The van der Waals surface area contributed by atoms with E-state index in [4.69, 9.17) is 4.74 Å². The molecule has 0 saturated carbocycles. The van der Waals surface area contributed by atoms with Gasteiger partial charge in [-0.05, 0) is 72.8 Å². The summed E-state index contributed by atoms with van der Waals surface area (Å²) in [6.07, 6.45) is 0.103. The number of rotatable bonds is 8. The molecule has 1 heterocycles. The molecule has 1 amide bonds. The Morgan fingerprint density at radius 1 is 0.971 bits per heavy atom. The van der Waals surface area contributed by atoms with E-state index in [9.17, 15) is 17.6 Å². The normalized spacial score (nSPS) is 11.1. The zero-order chi connectivity index (χ0) is 24.1. The minimum absolute atomic E-state index is 0.0523. The molecule has 2 N–H and O–H groups in total. The van der Waals surface area contributed by atoms with Crippen molar-refractivity contribution >= 4 is 38.6 Å². The number of methoxy groups -OCH3 is 1. The summed E-state index contributed by atoms with van der Waals surface area (Å²) in [6.45, 7) is 0. The highest BCUT2D eigenvalue weighted by molar-refractivity contribution is 7.92.